The van der Waals surface area contributed by atoms with E-state index < -0.39 is 11.7 Å². The van der Waals surface area contributed by atoms with E-state index in [9.17, 15) is 10.2 Å². The van der Waals surface area contributed by atoms with Crippen LogP contribution in [0.4, 0.5) is 0 Å². The first-order chi connectivity index (χ1) is 12.2. The minimum atomic E-state index is -1.37. The number of hydrogen-bond acceptors (Lipinski definition) is 3. The third-order valence-electron chi connectivity index (χ3n) is 5.52. The molecule has 1 heterocycles. The predicted octanol–water partition coefficient (Wildman–Crippen LogP) is 4.45. The normalized spacial score (nSPS) is 23.0. The van der Waals surface area contributed by atoms with Gasteiger partial charge in [-0.05, 0) is 57.6 Å². The molecule has 0 radical (unpaired) electrons. The number of aryl methyl sites for hydroxylation is 1. The van der Waals surface area contributed by atoms with E-state index in [0.29, 0.717) is 18.6 Å². The van der Waals surface area contributed by atoms with E-state index in [-0.39, 0.29) is 0 Å². The lowest BCUT2D eigenvalue weighted by Crippen LogP contribution is -2.37. The Bertz CT molecular complexity index is 1080. The van der Waals surface area contributed by atoms with Gasteiger partial charge in [0.2, 0.25) is 0 Å². The number of furan rings is 1. The zero-order chi connectivity index (χ0) is 17.0. The molecule has 124 valence electrons. The van der Waals surface area contributed by atoms with Crippen molar-refractivity contribution in [2.75, 3.05) is 0 Å². The van der Waals surface area contributed by atoms with Crippen molar-refractivity contribution < 1.29 is 14.6 Å². The fraction of sp³-hybridized carbons (Fsp3) is 0.182. The van der Waals surface area contributed by atoms with Crippen molar-refractivity contribution in [3.63, 3.8) is 0 Å². The highest BCUT2D eigenvalue weighted by Crippen LogP contribution is 2.46. The Labute approximate surface area is 145 Å². The van der Waals surface area contributed by atoms with Crippen molar-refractivity contribution in [1.82, 2.24) is 0 Å². The Morgan fingerprint density at radius 1 is 0.880 bits per heavy atom. The van der Waals surface area contributed by atoms with Gasteiger partial charge >= 0.3 is 0 Å². The van der Waals surface area contributed by atoms with Crippen molar-refractivity contribution in [2.45, 2.75) is 24.5 Å². The zero-order valence-corrected chi connectivity index (χ0v) is 13.6. The minimum Gasteiger partial charge on any atom is -0.466 e. The molecule has 3 heteroatoms. The van der Waals surface area contributed by atoms with Gasteiger partial charge in [0.05, 0.1) is 6.26 Å². The molecule has 3 aromatic carbocycles. The van der Waals surface area contributed by atoms with Crippen LogP contribution in [0.1, 0.15) is 29.4 Å². The summed E-state index contributed by atoms with van der Waals surface area (Å²) in [5.41, 5.74) is 0.529. The van der Waals surface area contributed by atoms with Crippen molar-refractivity contribution in [3.05, 3.63) is 83.8 Å². The van der Waals surface area contributed by atoms with E-state index in [1.807, 2.05) is 24.3 Å². The Morgan fingerprint density at radius 2 is 1.72 bits per heavy atom. The Hall–Kier alpha value is -2.62. The van der Waals surface area contributed by atoms with E-state index in [1.54, 1.807) is 12.1 Å². The van der Waals surface area contributed by atoms with Crippen LogP contribution in [-0.2, 0) is 12.0 Å². The molecule has 0 amide bonds. The van der Waals surface area contributed by atoms with Gasteiger partial charge in [-0.25, -0.2) is 0 Å². The zero-order valence-electron chi connectivity index (χ0n) is 13.6. The second-order valence-electron chi connectivity index (χ2n) is 6.82. The third-order valence-corrected chi connectivity index (χ3v) is 5.52. The predicted molar refractivity (Wildman–Crippen MR) is 97.3 cm³/mol. The molecule has 1 aromatic heterocycles. The fourth-order valence-corrected chi connectivity index (χ4v) is 4.20. The molecule has 3 nitrogen and oxygen atoms in total. The Balaban J connectivity index is 1.73. The molecule has 4 aromatic rings. The summed E-state index contributed by atoms with van der Waals surface area (Å²) in [6.07, 6.45) is 1.65. The van der Waals surface area contributed by atoms with Crippen molar-refractivity contribution in [2.24, 2.45) is 0 Å². The standard InChI is InChI=1S/C22H18O3/c23-21-19-10-9-16-15-5-2-1-4-14(15)7-8-17(16)18(19)11-12-22(21,24)20-6-3-13-25-20/h1-10,13,21,23-24H,11-12H2. The molecule has 0 saturated carbocycles. The quantitative estimate of drug-likeness (QED) is 0.507. The molecule has 0 aliphatic heterocycles. The fourth-order valence-electron chi connectivity index (χ4n) is 4.20. The van der Waals surface area contributed by atoms with Crippen LogP contribution in [0.5, 0.6) is 0 Å². The van der Waals surface area contributed by atoms with E-state index in [4.69, 9.17) is 4.42 Å². The molecule has 0 spiro atoms. The topological polar surface area (TPSA) is 53.6 Å². The summed E-state index contributed by atoms with van der Waals surface area (Å²) in [6, 6.07) is 20.0. The van der Waals surface area contributed by atoms with Crippen LogP contribution in [-0.4, -0.2) is 10.2 Å². The summed E-state index contributed by atoms with van der Waals surface area (Å²) in [4.78, 5) is 0. The van der Waals surface area contributed by atoms with E-state index >= 15 is 0 Å². The Morgan fingerprint density at radius 3 is 2.56 bits per heavy atom. The molecular formula is C22H18O3. The molecule has 1 aliphatic rings. The number of aliphatic hydroxyl groups excluding tert-OH is 1. The number of hydrogen-bond donors (Lipinski definition) is 2. The highest BCUT2D eigenvalue weighted by molar-refractivity contribution is 6.08. The molecule has 1 aliphatic carbocycles. The number of benzene rings is 3. The van der Waals surface area contributed by atoms with Gasteiger partial charge in [0.1, 0.15) is 11.9 Å². The molecule has 0 bridgehead atoms. The van der Waals surface area contributed by atoms with E-state index in [2.05, 4.69) is 24.3 Å². The second kappa shape index (κ2) is 5.19. The smallest absolute Gasteiger partial charge is 0.152 e. The van der Waals surface area contributed by atoms with Crippen LogP contribution < -0.4 is 0 Å². The molecule has 2 unspecified atom stereocenters. The summed E-state index contributed by atoms with van der Waals surface area (Å²) in [6.45, 7) is 0. The van der Waals surface area contributed by atoms with Gasteiger partial charge in [0, 0.05) is 0 Å². The maximum Gasteiger partial charge on any atom is 0.152 e. The van der Waals surface area contributed by atoms with Gasteiger partial charge in [-0.2, -0.15) is 0 Å². The van der Waals surface area contributed by atoms with Crippen LogP contribution in [0, 0.1) is 0 Å². The van der Waals surface area contributed by atoms with Gasteiger partial charge < -0.3 is 14.6 Å². The summed E-state index contributed by atoms with van der Waals surface area (Å²) in [5.74, 6) is 0.421. The molecular weight excluding hydrogens is 312 g/mol. The average molecular weight is 330 g/mol. The lowest BCUT2D eigenvalue weighted by molar-refractivity contribution is -0.108. The minimum absolute atomic E-state index is 0.421. The van der Waals surface area contributed by atoms with E-state index in [0.717, 1.165) is 16.5 Å². The Kier molecular flexibility index (Phi) is 3.05. The lowest BCUT2D eigenvalue weighted by Gasteiger charge is -2.37. The number of fused-ring (bicyclic) bond motifs is 5. The summed E-state index contributed by atoms with van der Waals surface area (Å²) in [5, 5.41) is 26.7. The van der Waals surface area contributed by atoms with Crippen molar-refractivity contribution >= 4 is 21.5 Å². The summed E-state index contributed by atoms with van der Waals surface area (Å²) < 4.78 is 5.40. The highest BCUT2D eigenvalue weighted by atomic mass is 16.4. The van der Waals surface area contributed by atoms with Gasteiger partial charge in [0.25, 0.3) is 0 Å². The maximum atomic E-state index is 11.0. The van der Waals surface area contributed by atoms with Crippen LogP contribution in [0.3, 0.4) is 0 Å². The molecule has 2 atom stereocenters. The maximum absolute atomic E-state index is 11.0. The van der Waals surface area contributed by atoms with Gasteiger partial charge in [-0.3, -0.25) is 0 Å². The third kappa shape index (κ3) is 2.00. The lowest BCUT2D eigenvalue weighted by atomic mass is 9.75. The van der Waals surface area contributed by atoms with Crippen molar-refractivity contribution in [1.29, 1.82) is 0 Å². The number of rotatable bonds is 1. The summed E-state index contributed by atoms with van der Waals surface area (Å²) >= 11 is 0. The first-order valence-electron chi connectivity index (χ1n) is 8.56. The van der Waals surface area contributed by atoms with Crippen LogP contribution in [0.2, 0.25) is 0 Å². The van der Waals surface area contributed by atoms with Crippen LogP contribution >= 0.6 is 0 Å². The van der Waals surface area contributed by atoms with Crippen LogP contribution in [0.25, 0.3) is 21.5 Å². The second-order valence-corrected chi connectivity index (χ2v) is 6.82. The molecule has 0 fully saturated rings. The summed E-state index contributed by atoms with van der Waals surface area (Å²) in [7, 11) is 0. The van der Waals surface area contributed by atoms with Gasteiger partial charge in [0.15, 0.2) is 5.60 Å². The largest absolute Gasteiger partial charge is 0.466 e. The van der Waals surface area contributed by atoms with Gasteiger partial charge in [-0.15, -0.1) is 0 Å². The van der Waals surface area contributed by atoms with Gasteiger partial charge in [-0.1, -0.05) is 48.5 Å². The highest BCUT2D eigenvalue weighted by Gasteiger charge is 2.44. The monoisotopic (exact) mass is 330 g/mol. The molecule has 2 N–H and O–H groups in total. The van der Waals surface area contributed by atoms with Crippen LogP contribution in [0.15, 0.2) is 71.3 Å². The SMILES string of the molecule is OC1c2ccc3c(ccc4ccccc43)c2CCC1(O)c1ccco1. The number of aliphatic hydroxyl groups is 2. The molecule has 0 saturated heterocycles. The molecule has 5 rings (SSSR count). The first-order valence-corrected chi connectivity index (χ1v) is 8.56. The molecule has 25 heavy (non-hydrogen) atoms. The van der Waals surface area contributed by atoms with E-state index in [1.165, 1.54) is 22.4 Å². The van der Waals surface area contributed by atoms with Crippen molar-refractivity contribution in [3.8, 4) is 0 Å². The average Bonchev–Trinajstić information content (AvgIpc) is 3.19. The first kappa shape index (κ1) is 14.7.